The molecule has 1 atom stereocenters. The zero-order valence-electron chi connectivity index (χ0n) is 23.1. The monoisotopic (exact) mass is 552 g/mol. The molecule has 0 amide bonds. The molecule has 4 rings (SSSR count). The first-order valence-electron chi connectivity index (χ1n) is 12.5. The molecule has 1 unspecified atom stereocenters. The third-order valence-corrected chi connectivity index (χ3v) is 7.07. The van der Waals surface area contributed by atoms with Gasteiger partial charge in [-0.3, -0.25) is 9.36 Å². The minimum Gasteiger partial charge on any atom is -0.493 e. The number of ether oxygens (including phenoxy) is 5. The van der Waals surface area contributed by atoms with Crippen LogP contribution in [0.5, 0.6) is 23.0 Å². The fraction of sp³-hybridized carbons (Fsp3) is 0.345. The minimum atomic E-state index is -0.769. The maximum Gasteiger partial charge on any atom is 0.338 e. The Morgan fingerprint density at radius 3 is 2.33 bits per heavy atom. The van der Waals surface area contributed by atoms with Crippen LogP contribution in [0.15, 0.2) is 57.5 Å². The summed E-state index contributed by atoms with van der Waals surface area (Å²) in [7, 11) is 4.67. The lowest BCUT2D eigenvalue weighted by Crippen LogP contribution is -2.40. The van der Waals surface area contributed by atoms with Gasteiger partial charge in [0.15, 0.2) is 27.8 Å². The van der Waals surface area contributed by atoms with Gasteiger partial charge in [0.1, 0.15) is 0 Å². The molecule has 1 aliphatic heterocycles. The average Bonchev–Trinajstić information content (AvgIpc) is 3.21. The van der Waals surface area contributed by atoms with E-state index in [4.69, 9.17) is 23.7 Å². The van der Waals surface area contributed by atoms with Crippen molar-refractivity contribution in [2.45, 2.75) is 39.8 Å². The summed E-state index contributed by atoms with van der Waals surface area (Å²) in [5, 5.41) is 0. The second kappa shape index (κ2) is 11.8. The van der Waals surface area contributed by atoms with Gasteiger partial charge < -0.3 is 23.7 Å². The zero-order chi connectivity index (χ0) is 28.3. The van der Waals surface area contributed by atoms with E-state index in [1.807, 2.05) is 26.0 Å². The first-order chi connectivity index (χ1) is 18.7. The Balaban J connectivity index is 1.93. The molecule has 0 radical (unpaired) electrons. The Hall–Kier alpha value is -4.05. The van der Waals surface area contributed by atoms with Crippen molar-refractivity contribution in [1.82, 2.24) is 4.57 Å². The Kier molecular flexibility index (Phi) is 8.44. The van der Waals surface area contributed by atoms with Crippen molar-refractivity contribution in [3.05, 3.63) is 78.5 Å². The fourth-order valence-corrected chi connectivity index (χ4v) is 5.45. The summed E-state index contributed by atoms with van der Waals surface area (Å²) in [6.07, 6.45) is 1.71. The molecule has 39 heavy (non-hydrogen) atoms. The molecule has 1 aliphatic rings. The highest BCUT2D eigenvalue weighted by atomic mass is 32.1. The number of benzene rings is 2. The van der Waals surface area contributed by atoms with Crippen LogP contribution in [0.2, 0.25) is 0 Å². The Morgan fingerprint density at radius 2 is 1.69 bits per heavy atom. The number of esters is 1. The molecular weight excluding hydrogens is 520 g/mol. The van der Waals surface area contributed by atoms with Crippen molar-refractivity contribution in [3.63, 3.8) is 0 Å². The summed E-state index contributed by atoms with van der Waals surface area (Å²) in [6.45, 7) is 7.53. The summed E-state index contributed by atoms with van der Waals surface area (Å²) in [6, 6.07) is 10.0. The number of nitrogens with zero attached hydrogens (tertiary/aromatic N) is 2. The summed E-state index contributed by atoms with van der Waals surface area (Å²) < 4.78 is 29.6. The highest BCUT2D eigenvalue weighted by Crippen LogP contribution is 2.36. The lowest BCUT2D eigenvalue weighted by molar-refractivity contribution is -0.139. The van der Waals surface area contributed by atoms with Crippen molar-refractivity contribution in [1.29, 1.82) is 0 Å². The molecule has 1 aromatic heterocycles. The molecule has 0 N–H and O–H groups in total. The number of thiazole rings is 1. The van der Waals surface area contributed by atoms with Gasteiger partial charge >= 0.3 is 5.97 Å². The number of fused-ring (bicyclic) bond motifs is 1. The van der Waals surface area contributed by atoms with Crippen LogP contribution in [0.3, 0.4) is 0 Å². The predicted octanol–water partition coefficient (Wildman–Crippen LogP) is 3.61. The SMILES string of the molecule is CCOC(=O)C1=C(C)N=c2sc(=Cc3ccc(OC)c(OC)c3)c(=O)n2C1c1ccc(OC(C)C)c(OC)c1. The van der Waals surface area contributed by atoms with Gasteiger partial charge in [-0.25, -0.2) is 9.79 Å². The van der Waals surface area contributed by atoms with E-state index in [-0.39, 0.29) is 18.3 Å². The number of carbonyl (C=O) groups is 1. The molecule has 2 heterocycles. The molecular formula is C29H32N2O7S. The second-order valence-corrected chi connectivity index (χ2v) is 10.0. The summed E-state index contributed by atoms with van der Waals surface area (Å²) in [4.78, 5) is 32.1. The van der Waals surface area contributed by atoms with E-state index < -0.39 is 12.0 Å². The molecule has 3 aromatic rings. The number of carbonyl (C=O) groups excluding carboxylic acids is 1. The van der Waals surface area contributed by atoms with Crippen molar-refractivity contribution >= 4 is 23.4 Å². The molecule has 0 spiro atoms. The number of allylic oxidation sites excluding steroid dienone is 1. The van der Waals surface area contributed by atoms with Gasteiger partial charge in [0.25, 0.3) is 5.56 Å². The summed E-state index contributed by atoms with van der Waals surface area (Å²) >= 11 is 1.24. The lowest BCUT2D eigenvalue weighted by Gasteiger charge is -2.25. The maximum absolute atomic E-state index is 13.9. The second-order valence-electron chi connectivity index (χ2n) is 8.99. The third kappa shape index (κ3) is 5.56. The van der Waals surface area contributed by atoms with Crippen LogP contribution in [0.4, 0.5) is 0 Å². The van der Waals surface area contributed by atoms with E-state index in [2.05, 4.69) is 4.99 Å². The van der Waals surface area contributed by atoms with Gasteiger partial charge in [-0.2, -0.15) is 0 Å². The standard InChI is InChI=1S/C29H32N2O7S/c1-8-37-28(33)25-17(4)30-29-31(26(25)19-10-12-21(38-16(2)3)23(15-19)36-7)27(32)24(39-29)14-18-9-11-20(34-5)22(13-18)35-6/h9-16,26H,8H2,1-7H3. The molecule has 0 saturated carbocycles. The van der Waals surface area contributed by atoms with E-state index >= 15 is 0 Å². The molecule has 0 aliphatic carbocycles. The Bertz CT molecular complexity index is 1600. The molecule has 0 bridgehead atoms. The first-order valence-corrected chi connectivity index (χ1v) is 13.3. The normalized spacial score (nSPS) is 15.1. The number of hydrogen-bond acceptors (Lipinski definition) is 9. The minimum absolute atomic E-state index is 0.0590. The number of aromatic nitrogens is 1. The van der Waals surface area contributed by atoms with Crippen LogP contribution >= 0.6 is 11.3 Å². The largest absolute Gasteiger partial charge is 0.493 e. The van der Waals surface area contributed by atoms with Crippen LogP contribution in [-0.4, -0.2) is 44.6 Å². The van der Waals surface area contributed by atoms with Crippen LogP contribution in [-0.2, 0) is 9.53 Å². The number of hydrogen-bond donors (Lipinski definition) is 0. The molecule has 0 fully saturated rings. The first kappa shape index (κ1) is 28.0. The van der Waals surface area contributed by atoms with E-state index in [0.29, 0.717) is 49.2 Å². The maximum atomic E-state index is 13.9. The highest BCUT2D eigenvalue weighted by Gasteiger charge is 2.34. The van der Waals surface area contributed by atoms with E-state index in [9.17, 15) is 9.59 Å². The molecule has 10 heteroatoms. The summed E-state index contributed by atoms with van der Waals surface area (Å²) in [5.41, 5.74) is 1.92. The number of methoxy groups -OCH3 is 3. The van der Waals surface area contributed by atoms with Crippen LogP contribution < -0.4 is 33.8 Å². The van der Waals surface area contributed by atoms with Gasteiger partial charge in [0.05, 0.1) is 55.9 Å². The average molecular weight is 553 g/mol. The third-order valence-electron chi connectivity index (χ3n) is 6.09. The molecule has 0 saturated heterocycles. The van der Waals surface area contributed by atoms with Gasteiger partial charge in [-0.15, -0.1) is 0 Å². The van der Waals surface area contributed by atoms with E-state index in [1.165, 1.54) is 15.9 Å². The Labute approximate surface area is 230 Å². The molecule has 206 valence electrons. The van der Waals surface area contributed by atoms with Gasteiger partial charge in [-0.1, -0.05) is 23.5 Å². The van der Waals surface area contributed by atoms with Crippen molar-refractivity contribution < 1.29 is 28.5 Å². The van der Waals surface area contributed by atoms with Crippen molar-refractivity contribution in [3.8, 4) is 23.0 Å². The predicted molar refractivity (Wildman–Crippen MR) is 149 cm³/mol. The molecule has 2 aromatic carbocycles. The van der Waals surface area contributed by atoms with E-state index in [1.54, 1.807) is 65.5 Å². The van der Waals surface area contributed by atoms with Gasteiger partial charge in [-0.05, 0) is 69.2 Å². The fourth-order valence-electron chi connectivity index (χ4n) is 4.41. The quantitative estimate of drug-likeness (QED) is 0.374. The van der Waals surface area contributed by atoms with Crippen molar-refractivity contribution in [2.24, 2.45) is 4.99 Å². The van der Waals surface area contributed by atoms with Crippen molar-refractivity contribution in [2.75, 3.05) is 27.9 Å². The molecule has 9 nitrogen and oxygen atoms in total. The van der Waals surface area contributed by atoms with Crippen LogP contribution in [0.1, 0.15) is 44.9 Å². The Morgan fingerprint density at radius 1 is 1.03 bits per heavy atom. The summed E-state index contributed by atoms with van der Waals surface area (Å²) in [5.74, 6) is 1.67. The van der Waals surface area contributed by atoms with E-state index in [0.717, 1.165) is 5.56 Å². The zero-order valence-corrected chi connectivity index (χ0v) is 23.9. The lowest BCUT2D eigenvalue weighted by atomic mass is 9.95. The van der Waals surface area contributed by atoms with Gasteiger partial charge in [0, 0.05) is 0 Å². The highest BCUT2D eigenvalue weighted by molar-refractivity contribution is 7.07. The van der Waals surface area contributed by atoms with Crippen LogP contribution in [0.25, 0.3) is 6.08 Å². The topological polar surface area (TPSA) is 97.6 Å². The van der Waals surface area contributed by atoms with Crippen LogP contribution in [0, 0.1) is 0 Å². The van der Waals surface area contributed by atoms with Gasteiger partial charge in [0.2, 0.25) is 0 Å². The number of rotatable bonds is 9. The smallest absolute Gasteiger partial charge is 0.338 e.